The van der Waals surface area contributed by atoms with E-state index < -0.39 is 0 Å². The summed E-state index contributed by atoms with van der Waals surface area (Å²) in [7, 11) is 4.39. The lowest BCUT2D eigenvalue weighted by Crippen LogP contribution is -2.50. The van der Waals surface area contributed by atoms with Crippen LogP contribution in [0.5, 0.6) is 0 Å². The number of ether oxygens (including phenoxy) is 1. The summed E-state index contributed by atoms with van der Waals surface area (Å²) in [5.41, 5.74) is 2.69. The van der Waals surface area contributed by atoms with Gasteiger partial charge in [-0.2, -0.15) is 0 Å². The molecule has 0 aromatic heterocycles. The molecule has 1 aromatic carbocycles. The first-order chi connectivity index (χ1) is 11.6. The van der Waals surface area contributed by atoms with Gasteiger partial charge in [-0.05, 0) is 64.0 Å². The Morgan fingerprint density at radius 2 is 1.83 bits per heavy atom. The molecule has 3 aliphatic rings. The van der Waals surface area contributed by atoms with E-state index in [4.69, 9.17) is 4.74 Å². The third-order valence-electron chi connectivity index (χ3n) is 6.77. The number of hydrogen-bond acceptors (Lipinski definition) is 4. The summed E-state index contributed by atoms with van der Waals surface area (Å²) >= 11 is 0. The highest BCUT2D eigenvalue weighted by molar-refractivity contribution is 5.45. The Morgan fingerprint density at radius 3 is 2.54 bits per heavy atom. The Morgan fingerprint density at radius 1 is 1.17 bits per heavy atom. The van der Waals surface area contributed by atoms with Crippen LogP contribution < -0.4 is 0 Å². The zero-order chi connectivity index (χ0) is 16.7. The third kappa shape index (κ3) is 2.51. The van der Waals surface area contributed by atoms with Gasteiger partial charge in [-0.3, -0.25) is 4.90 Å². The molecule has 2 aliphatic heterocycles. The van der Waals surface area contributed by atoms with Crippen LogP contribution in [0.3, 0.4) is 0 Å². The second-order valence-corrected chi connectivity index (χ2v) is 7.95. The molecule has 0 unspecified atom stereocenters. The van der Waals surface area contributed by atoms with Gasteiger partial charge in [0.25, 0.3) is 0 Å². The lowest BCUT2D eigenvalue weighted by molar-refractivity contribution is -0.0368. The first kappa shape index (κ1) is 16.5. The number of hydrogen-bond donors (Lipinski definition) is 1. The predicted octanol–water partition coefficient (Wildman–Crippen LogP) is 2.18. The van der Waals surface area contributed by atoms with Gasteiger partial charge in [-0.25, -0.2) is 0 Å². The molecule has 1 N–H and O–H groups in total. The summed E-state index contributed by atoms with van der Waals surface area (Å²) in [4.78, 5) is 4.83. The monoisotopic (exact) mass is 330 g/mol. The van der Waals surface area contributed by atoms with Crippen LogP contribution in [0.4, 0.5) is 0 Å². The van der Waals surface area contributed by atoms with Gasteiger partial charge >= 0.3 is 0 Å². The van der Waals surface area contributed by atoms with Crippen molar-refractivity contribution < 1.29 is 9.84 Å². The Bertz CT molecular complexity index is 577. The summed E-state index contributed by atoms with van der Waals surface area (Å²) in [6, 6.07) is 9.40. The van der Waals surface area contributed by atoms with E-state index in [1.807, 2.05) is 0 Å². The molecule has 2 atom stereocenters. The van der Waals surface area contributed by atoms with E-state index in [1.165, 1.54) is 11.1 Å². The Hall–Kier alpha value is -0.940. The summed E-state index contributed by atoms with van der Waals surface area (Å²) in [5.74, 6) is 0. The maximum absolute atomic E-state index is 11.5. The van der Waals surface area contributed by atoms with E-state index in [-0.39, 0.29) is 17.6 Å². The largest absolute Gasteiger partial charge is 0.390 e. The van der Waals surface area contributed by atoms with Crippen molar-refractivity contribution in [1.29, 1.82) is 0 Å². The maximum atomic E-state index is 11.5. The fourth-order valence-electron chi connectivity index (χ4n) is 5.18. The first-order valence-electron chi connectivity index (χ1n) is 9.39. The summed E-state index contributed by atoms with van der Waals surface area (Å²) in [6.07, 6.45) is 3.94. The average molecular weight is 330 g/mol. The van der Waals surface area contributed by atoms with Crippen molar-refractivity contribution >= 4 is 0 Å². The van der Waals surface area contributed by atoms with Gasteiger partial charge in [-0.15, -0.1) is 0 Å². The molecule has 4 nitrogen and oxygen atoms in total. The molecule has 0 radical (unpaired) electrons. The van der Waals surface area contributed by atoms with Crippen molar-refractivity contribution in [2.75, 3.05) is 40.4 Å². The molecule has 0 saturated carbocycles. The fourth-order valence-corrected chi connectivity index (χ4v) is 5.18. The minimum atomic E-state index is -0.309. The van der Waals surface area contributed by atoms with Crippen LogP contribution in [0.25, 0.3) is 0 Å². The first-order valence-corrected chi connectivity index (χ1v) is 9.39. The number of benzene rings is 1. The standard InChI is InChI=1S/C20H30N2O2/c1-21-11-9-20(10-12-21)17-6-4-3-5-16(17)18(19(20)23)22(2)15-7-13-24-14-8-15/h3-6,15,18-19,23H,7-14H2,1-2H3/t18-,19+/m1/s1. The molecule has 1 aromatic rings. The van der Waals surface area contributed by atoms with E-state index in [2.05, 4.69) is 48.2 Å². The molecular weight excluding hydrogens is 300 g/mol. The molecule has 4 rings (SSSR count). The van der Waals surface area contributed by atoms with Crippen LogP contribution in [-0.4, -0.2) is 67.5 Å². The number of aliphatic hydroxyl groups excluding tert-OH is 1. The van der Waals surface area contributed by atoms with Crippen LogP contribution in [0.1, 0.15) is 42.9 Å². The van der Waals surface area contributed by atoms with Crippen LogP contribution in [-0.2, 0) is 10.2 Å². The smallest absolute Gasteiger partial charge is 0.0834 e. The molecule has 1 spiro atoms. The Kier molecular flexibility index (Phi) is 4.42. The maximum Gasteiger partial charge on any atom is 0.0834 e. The number of likely N-dealkylation sites (N-methyl/N-ethyl adjacent to an activating group) is 1. The van der Waals surface area contributed by atoms with Gasteiger partial charge in [0.15, 0.2) is 0 Å². The molecule has 0 bridgehead atoms. The normalized spacial score (nSPS) is 30.8. The van der Waals surface area contributed by atoms with Crippen LogP contribution in [0.2, 0.25) is 0 Å². The second kappa shape index (κ2) is 6.41. The van der Waals surface area contributed by atoms with Crippen molar-refractivity contribution in [2.24, 2.45) is 0 Å². The van der Waals surface area contributed by atoms with Crippen molar-refractivity contribution in [3.05, 3.63) is 35.4 Å². The molecule has 0 amide bonds. The summed E-state index contributed by atoms with van der Waals surface area (Å²) < 4.78 is 5.54. The van der Waals surface area contributed by atoms with Gasteiger partial charge in [0.2, 0.25) is 0 Å². The number of piperidine rings is 1. The van der Waals surface area contributed by atoms with Crippen molar-refractivity contribution in [1.82, 2.24) is 9.80 Å². The van der Waals surface area contributed by atoms with E-state index in [0.29, 0.717) is 6.04 Å². The van der Waals surface area contributed by atoms with Gasteiger partial charge < -0.3 is 14.7 Å². The number of likely N-dealkylation sites (tertiary alicyclic amines) is 1. The minimum absolute atomic E-state index is 0.0623. The Balaban J connectivity index is 1.68. The highest BCUT2D eigenvalue weighted by Gasteiger charge is 2.53. The van der Waals surface area contributed by atoms with E-state index in [9.17, 15) is 5.11 Å². The topological polar surface area (TPSA) is 35.9 Å². The van der Waals surface area contributed by atoms with Gasteiger partial charge in [0, 0.05) is 24.7 Å². The zero-order valence-electron chi connectivity index (χ0n) is 14.9. The molecule has 2 fully saturated rings. The van der Waals surface area contributed by atoms with Gasteiger partial charge in [-0.1, -0.05) is 24.3 Å². The molecular formula is C20H30N2O2. The minimum Gasteiger partial charge on any atom is -0.390 e. The van der Waals surface area contributed by atoms with Crippen molar-refractivity contribution in [2.45, 2.75) is 49.3 Å². The van der Waals surface area contributed by atoms with Crippen molar-refractivity contribution in [3.63, 3.8) is 0 Å². The van der Waals surface area contributed by atoms with Crippen LogP contribution >= 0.6 is 0 Å². The lowest BCUT2D eigenvalue weighted by Gasteiger charge is -2.44. The zero-order valence-corrected chi connectivity index (χ0v) is 14.9. The average Bonchev–Trinajstić information content (AvgIpc) is 2.87. The SMILES string of the molecule is CN1CCC2(CC1)c1ccccc1[C@@H](N(C)C1CCOCC1)[C@@H]2O. The quantitative estimate of drug-likeness (QED) is 0.902. The fraction of sp³-hybridized carbons (Fsp3) is 0.700. The predicted molar refractivity (Wildman–Crippen MR) is 95.2 cm³/mol. The van der Waals surface area contributed by atoms with E-state index in [0.717, 1.165) is 52.0 Å². The molecule has 1 aliphatic carbocycles. The van der Waals surface area contributed by atoms with E-state index >= 15 is 0 Å². The number of fused-ring (bicyclic) bond motifs is 2. The van der Waals surface area contributed by atoms with Gasteiger partial charge in [0.1, 0.15) is 0 Å². The number of nitrogens with zero attached hydrogens (tertiary/aromatic N) is 2. The molecule has 24 heavy (non-hydrogen) atoms. The highest BCUT2D eigenvalue weighted by Crippen LogP contribution is 2.53. The van der Waals surface area contributed by atoms with Crippen LogP contribution in [0, 0.1) is 0 Å². The third-order valence-corrected chi connectivity index (χ3v) is 6.77. The molecule has 4 heteroatoms. The number of aliphatic hydroxyl groups is 1. The van der Waals surface area contributed by atoms with Gasteiger partial charge in [0.05, 0.1) is 12.1 Å². The molecule has 132 valence electrons. The Labute approximate surface area is 145 Å². The van der Waals surface area contributed by atoms with Crippen LogP contribution in [0.15, 0.2) is 24.3 Å². The summed E-state index contributed by atoms with van der Waals surface area (Å²) in [6.45, 7) is 3.82. The lowest BCUT2D eigenvalue weighted by atomic mass is 9.72. The van der Waals surface area contributed by atoms with Crippen molar-refractivity contribution in [3.8, 4) is 0 Å². The molecule has 2 heterocycles. The summed E-state index contributed by atoms with van der Waals surface area (Å²) in [5, 5.41) is 11.5. The highest BCUT2D eigenvalue weighted by atomic mass is 16.5. The second-order valence-electron chi connectivity index (χ2n) is 7.95. The molecule has 2 saturated heterocycles. The van der Waals surface area contributed by atoms with E-state index in [1.54, 1.807) is 0 Å². The number of rotatable bonds is 2.